The van der Waals surface area contributed by atoms with Crippen LogP contribution in [0, 0.1) is 41.4 Å². The molecule has 1 saturated heterocycles. The van der Waals surface area contributed by atoms with Gasteiger partial charge >= 0.3 is 17.9 Å². The summed E-state index contributed by atoms with van der Waals surface area (Å²) >= 11 is 0. The maximum atomic E-state index is 12.2. The Morgan fingerprint density at radius 2 is 1.28 bits per heavy atom. The van der Waals surface area contributed by atoms with E-state index in [4.69, 9.17) is 4.74 Å². The molecule has 0 amide bonds. The average molecular weight is 717 g/mol. The first-order chi connectivity index (χ1) is 19.1. The standard InChI is InChI=1S/C14H22O2.C10H28Si3.C9H10O3.6CH4/c1-14(6-2-3-7-14)16-13(15)12-9-10-4-5-11(12)8-10;1-8-12(4,5)10-13(6,7)9-11(2)3;10-8-6-4-1-2-5(3-4)7(6)9(11)12-8;;;;;;/h10-12H,2-9H2,1H3;11H,8-10H2,1-7H3;4-7H,1-3H2;6*1H4. The highest BCUT2D eigenvalue weighted by Crippen LogP contribution is 2.55. The molecule has 47 heavy (non-hydrogen) atoms. The third-order valence-electron chi connectivity index (χ3n) is 11.6. The van der Waals surface area contributed by atoms with Gasteiger partial charge < -0.3 is 9.47 Å². The zero-order valence-electron chi connectivity index (χ0n) is 27.6. The number of cyclic esters (lactones) is 2. The molecule has 5 aliphatic carbocycles. The molecule has 6 aliphatic rings. The third-order valence-corrected chi connectivity index (χ3v) is 28.8. The lowest BCUT2D eigenvalue weighted by Crippen LogP contribution is -2.41. The van der Waals surface area contributed by atoms with Crippen LogP contribution in [0.3, 0.4) is 0 Å². The second-order valence-electron chi connectivity index (χ2n) is 16.9. The van der Waals surface area contributed by atoms with Crippen molar-refractivity contribution < 1.29 is 23.9 Å². The molecule has 0 radical (unpaired) electrons. The monoisotopic (exact) mass is 717 g/mol. The van der Waals surface area contributed by atoms with Crippen LogP contribution in [0.1, 0.15) is 129 Å². The normalized spacial score (nSPS) is 30.2. The Balaban J connectivity index is -0.000000587. The van der Waals surface area contributed by atoms with E-state index in [2.05, 4.69) is 57.9 Å². The van der Waals surface area contributed by atoms with Crippen molar-refractivity contribution in [3.8, 4) is 0 Å². The lowest BCUT2D eigenvalue weighted by atomic mass is 9.81. The predicted octanol–water partition coefficient (Wildman–Crippen LogP) is 11.8. The fourth-order valence-electron chi connectivity index (χ4n) is 9.88. The molecule has 0 N–H and O–H groups in total. The van der Waals surface area contributed by atoms with Crippen molar-refractivity contribution in [1.82, 2.24) is 0 Å². The van der Waals surface area contributed by atoms with E-state index >= 15 is 0 Å². The van der Waals surface area contributed by atoms with Gasteiger partial charge in [0.1, 0.15) is 5.60 Å². The number of hydrogen-bond acceptors (Lipinski definition) is 5. The first-order valence-corrected chi connectivity index (χ1v) is 27.1. The number of carbonyl (C=O) groups excluding carboxylic acids is 3. The summed E-state index contributed by atoms with van der Waals surface area (Å²) in [6.07, 6.45) is 12.9. The van der Waals surface area contributed by atoms with E-state index < -0.39 is 16.1 Å². The lowest BCUT2D eigenvalue weighted by molar-refractivity contribution is -0.164. The van der Waals surface area contributed by atoms with E-state index in [9.17, 15) is 14.4 Å². The quantitative estimate of drug-likeness (QED) is 0.149. The highest BCUT2D eigenvalue weighted by molar-refractivity contribution is 6.99. The van der Waals surface area contributed by atoms with E-state index in [0.717, 1.165) is 44.4 Å². The average Bonchev–Trinajstić information content (AvgIpc) is 3.70. The predicted molar refractivity (Wildman–Crippen MR) is 215 cm³/mol. The first-order valence-electron chi connectivity index (χ1n) is 17.1. The van der Waals surface area contributed by atoms with Gasteiger partial charge in [0.25, 0.3) is 0 Å². The van der Waals surface area contributed by atoms with Crippen LogP contribution in [0.25, 0.3) is 0 Å². The van der Waals surface area contributed by atoms with Gasteiger partial charge in [0, 0.05) is 24.9 Å². The molecular weight excluding hydrogens is 633 g/mol. The summed E-state index contributed by atoms with van der Waals surface area (Å²) in [6, 6.07) is 1.48. The number of hydrogen-bond donors (Lipinski definition) is 0. The van der Waals surface area contributed by atoms with Crippen LogP contribution in [0.4, 0.5) is 0 Å². The fourth-order valence-corrected chi connectivity index (χ4v) is 32.0. The summed E-state index contributed by atoms with van der Waals surface area (Å²) in [7, 11) is -1.91. The molecule has 282 valence electrons. The molecule has 1 aliphatic heterocycles. The van der Waals surface area contributed by atoms with Crippen molar-refractivity contribution in [3.05, 3.63) is 0 Å². The number of fused-ring (bicyclic) bond motifs is 7. The second-order valence-corrected chi connectivity index (χ2v) is 32.1. The maximum Gasteiger partial charge on any atom is 0.317 e. The van der Waals surface area contributed by atoms with Crippen LogP contribution in [-0.4, -0.2) is 48.5 Å². The number of carbonyl (C=O) groups is 3. The molecule has 7 unspecified atom stereocenters. The van der Waals surface area contributed by atoms with Crippen LogP contribution in [0.2, 0.25) is 56.7 Å². The Morgan fingerprint density at radius 3 is 1.68 bits per heavy atom. The molecule has 0 aromatic heterocycles. The third kappa shape index (κ3) is 12.8. The van der Waals surface area contributed by atoms with E-state index in [0.29, 0.717) is 17.8 Å². The minimum atomic E-state index is -0.799. The van der Waals surface area contributed by atoms with Crippen LogP contribution >= 0.6 is 0 Å². The Hall–Kier alpha value is -0.739. The molecule has 0 spiro atoms. The van der Waals surface area contributed by atoms with E-state index in [1.807, 2.05) is 0 Å². The topological polar surface area (TPSA) is 69.7 Å². The van der Waals surface area contributed by atoms with Crippen LogP contribution in [0.5, 0.6) is 0 Å². The highest BCUT2D eigenvalue weighted by atomic mass is 28.4. The van der Waals surface area contributed by atoms with Gasteiger partial charge in [-0.05, 0) is 94.8 Å². The second kappa shape index (κ2) is 20.2. The van der Waals surface area contributed by atoms with Gasteiger partial charge in [0.15, 0.2) is 0 Å². The number of esters is 3. The zero-order chi connectivity index (χ0) is 30.2. The Labute approximate surface area is 298 Å². The summed E-state index contributed by atoms with van der Waals surface area (Å²) in [4.78, 5) is 34.6. The molecule has 7 atom stereocenters. The number of ether oxygens (including phenoxy) is 2. The van der Waals surface area contributed by atoms with Gasteiger partial charge in [-0.15, -0.1) is 0 Å². The summed E-state index contributed by atoms with van der Waals surface area (Å²) in [5, 5.41) is 0. The molecule has 6 fully saturated rings. The molecular formula is C39H84O5Si3. The molecule has 1 heterocycles. The largest absolute Gasteiger partial charge is 0.459 e. The maximum absolute atomic E-state index is 12.2. The molecule has 8 heteroatoms. The van der Waals surface area contributed by atoms with Gasteiger partial charge in [-0.1, -0.05) is 115 Å². The zero-order valence-corrected chi connectivity index (χ0v) is 30.7. The van der Waals surface area contributed by atoms with Crippen LogP contribution in [0.15, 0.2) is 0 Å². The molecule has 0 aromatic carbocycles. The Morgan fingerprint density at radius 1 is 0.787 bits per heavy atom. The van der Waals surface area contributed by atoms with Crippen LogP contribution < -0.4 is 0 Å². The first kappa shape index (κ1) is 50.6. The summed E-state index contributed by atoms with van der Waals surface area (Å²) < 4.78 is 10.4. The molecule has 5 nitrogen and oxygen atoms in total. The Bertz CT molecular complexity index is 932. The molecule has 4 bridgehead atoms. The highest BCUT2D eigenvalue weighted by Gasteiger charge is 2.59. The van der Waals surface area contributed by atoms with Gasteiger partial charge in [0.2, 0.25) is 0 Å². The Kier molecular flexibility index (Phi) is 21.8. The van der Waals surface area contributed by atoms with Crippen molar-refractivity contribution in [3.63, 3.8) is 0 Å². The molecule has 6 rings (SSSR count). The van der Waals surface area contributed by atoms with Crippen molar-refractivity contribution in [2.75, 3.05) is 0 Å². The molecule has 0 aromatic rings. The van der Waals surface area contributed by atoms with E-state index in [1.165, 1.54) is 38.1 Å². The van der Waals surface area contributed by atoms with Crippen molar-refractivity contribution in [2.45, 2.75) is 191 Å². The fraction of sp³-hybridized carbons (Fsp3) is 0.923. The van der Waals surface area contributed by atoms with Crippen LogP contribution in [-0.2, 0) is 23.9 Å². The summed E-state index contributed by atoms with van der Waals surface area (Å²) in [6.45, 7) is 19.9. The minimum absolute atomic E-state index is 0. The molecule has 5 saturated carbocycles. The SMILES string of the molecule is C.C.C.C.C.C.CC1(OC(=O)C2CC3CCC2C3)CCCC1.CC[Si](C)(C)C[Si](C)(C)C[SiH](C)C.O=C1OC(=O)C2C3CCC(C3)C12. The van der Waals surface area contributed by atoms with Gasteiger partial charge in [-0.25, -0.2) is 0 Å². The summed E-state index contributed by atoms with van der Waals surface area (Å²) in [5.74, 6) is 2.15. The van der Waals surface area contributed by atoms with E-state index in [1.54, 1.807) is 11.3 Å². The van der Waals surface area contributed by atoms with Crippen molar-refractivity contribution in [2.24, 2.45) is 41.4 Å². The summed E-state index contributed by atoms with van der Waals surface area (Å²) in [5.41, 5.74) is 3.18. The smallest absolute Gasteiger partial charge is 0.317 e. The van der Waals surface area contributed by atoms with E-state index in [-0.39, 0.29) is 94.6 Å². The van der Waals surface area contributed by atoms with Gasteiger partial charge in [-0.3, -0.25) is 14.4 Å². The van der Waals surface area contributed by atoms with Crippen molar-refractivity contribution in [1.29, 1.82) is 0 Å². The van der Waals surface area contributed by atoms with Gasteiger partial charge in [-0.2, -0.15) is 0 Å². The van der Waals surface area contributed by atoms with Crippen molar-refractivity contribution >= 4 is 42.9 Å². The lowest BCUT2D eigenvalue weighted by Gasteiger charge is -2.32. The van der Waals surface area contributed by atoms with Gasteiger partial charge in [0.05, 0.1) is 17.8 Å². The number of rotatable bonds is 7. The minimum Gasteiger partial charge on any atom is -0.459 e.